The van der Waals surface area contributed by atoms with Gasteiger partial charge in [-0.1, -0.05) is 23.7 Å². The molecule has 0 aliphatic carbocycles. The average molecular weight is 383 g/mol. The van der Waals surface area contributed by atoms with Gasteiger partial charge in [0.1, 0.15) is 6.61 Å². The number of para-hydroxylation sites is 2. The Labute approximate surface area is 162 Å². The Kier molecular flexibility index (Phi) is 4.62. The Hall–Kier alpha value is -2.79. The minimum absolute atomic E-state index is 0.107. The van der Waals surface area contributed by atoms with Gasteiger partial charge < -0.3 is 14.4 Å². The molecular weight excluding hydrogens is 364 g/mol. The van der Waals surface area contributed by atoms with Crippen LogP contribution in [-0.2, 0) is 0 Å². The first kappa shape index (κ1) is 17.6. The maximum absolute atomic E-state index is 13.0. The second kappa shape index (κ2) is 7.08. The van der Waals surface area contributed by atoms with E-state index in [1.807, 2.05) is 49.4 Å². The third kappa shape index (κ3) is 3.55. The molecule has 2 aromatic carbocycles. The molecule has 1 atom stereocenters. The molecule has 27 heavy (non-hydrogen) atoms. The summed E-state index contributed by atoms with van der Waals surface area (Å²) in [6, 6.07) is 14.8. The van der Waals surface area contributed by atoms with Gasteiger partial charge in [0.25, 0.3) is 5.91 Å². The molecule has 1 aliphatic heterocycles. The number of hydrogen-bond acceptors (Lipinski definition) is 4. The molecule has 0 saturated carbocycles. The number of carbonyl (C=O) groups is 1. The molecule has 0 radical (unpaired) electrons. The zero-order chi connectivity index (χ0) is 19.0. The second-order valence-corrected chi connectivity index (χ2v) is 7.08. The lowest BCUT2D eigenvalue weighted by molar-refractivity contribution is 0.0520. The van der Waals surface area contributed by atoms with Gasteiger partial charge >= 0.3 is 0 Å². The standard InChI is InChI=1S/C21H19ClN2O3/c1-13-17(10-14-9-15(22)7-8-18(14)23-13)21(25)24(2)11-16-12-26-19-5-3-4-6-20(19)27-16/h3-10,16H,11-12H2,1-2H3/t16-/m0/s1. The van der Waals surface area contributed by atoms with Crippen molar-refractivity contribution in [2.24, 2.45) is 0 Å². The summed E-state index contributed by atoms with van der Waals surface area (Å²) < 4.78 is 11.7. The average Bonchev–Trinajstić information content (AvgIpc) is 2.67. The highest BCUT2D eigenvalue weighted by atomic mass is 35.5. The van der Waals surface area contributed by atoms with Crippen LogP contribution in [0.2, 0.25) is 5.02 Å². The zero-order valence-electron chi connectivity index (χ0n) is 15.1. The smallest absolute Gasteiger partial charge is 0.255 e. The number of amides is 1. The predicted octanol–water partition coefficient (Wildman–Crippen LogP) is 4.11. The van der Waals surface area contributed by atoms with E-state index in [2.05, 4.69) is 4.98 Å². The van der Waals surface area contributed by atoms with Crippen molar-refractivity contribution in [3.05, 3.63) is 64.8 Å². The van der Waals surface area contributed by atoms with Gasteiger partial charge in [0, 0.05) is 17.5 Å². The predicted molar refractivity (Wildman–Crippen MR) is 105 cm³/mol. The number of rotatable bonds is 3. The Morgan fingerprint density at radius 3 is 2.81 bits per heavy atom. The van der Waals surface area contributed by atoms with Crippen molar-refractivity contribution in [1.29, 1.82) is 0 Å². The van der Waals surface area contributed by atoms with Gasteiger partial charge in [-0.15, -0.1) is 0 Å². The van der Waals surface area contributed by atoms with E-state index in [-0.39, 0.29) is 12.0 Å². The molecule has 1 aliphatic rings. The molecular formula is C21H19ClN2O3. The van der Waals surface area contributed by atoms with Gasteiger partial charge in [0.2, 0.25) is 0 Å². The first-order chi connectivity index (χ1) is 13.0. The maximum atomic E-state index is 13.0. The van der Waals surface area contributed by atoms with E-state index in [9.17, 15) is 4.79 Å². The summed E-state index contributed by atoms with van der Waals surface area (Å²) in [5.41, 5.74) is 2.06. The molecule has 1 aromatic heterocycles. The Balaban J connectivity index is 1.52. The first-order valence-corrected chi connectivity index (χ1v) is 9.10. The number of aromatic nitrogens is 1. The summed E-state index contributed by atoms with van der Waals surface area (Å²) in [7, 11) is 1.76. The summed E-state index contributed by atoms with van der Waals surface area (Å²) in [6.07, 6.45) is -0.225. The fourth-order valence-electron chi connectivity index (χ4n) is 3.21. The molecule has 0 N–H and O–H groups in total. The molecule has 4 rings (SSSR count). The van der Waals surface area contributed by atoms with Crippen molar-refractivity contribution in [1.82, 2.24) is 9.88 Å². The van der Waals surface area contributed by atoms with Crippen LogP contribution in [0.4, 0.5) is 0 Å². The molecule has 2 heterocycles. The summed E-state index contributed by atoms with van der Waals surface area (Å²) >= 11 is 6.07. The monoisotopic (exact) mass is 382 g/mol. The number of carbonyl (C=O) groups excluding carboxylic acids is 1. The van der Waals surface area contributed by atoms with Crippen molar-refractivity contribution < 1.29 is 14.3 Å². The third-order valence-electron chi connectivity index (χ3n) is 4.59. The number of halogens is 1. The van der Waals surface area contributed by atoms with Crippen LogP contribution in [-0.4, -0.2) is 42.1 Å². The lowest BCUT2D eigenvalue weighted by Gasteiger charge is -2.29. The Morgan fingerprint density at radius 1 is 1.22 bits per heavy atom. The highest BCUT2D eigenvalue weighted by Crippen LogP contribution is 2.31. The van der Waals surface area contributed by atoms with E-state index >= 15 is 0 Å². The number of likely N-dealkylation sites (N-methyl/N-ethyl adjacent to an activating group) is 1. The summed E-state index contributed by atoms with van der Waals surface area (Å²) in [4.78, 5) is 19.1. The van der Waals surface area contributed by atoms with Crippen LogP contribution in [0.15, 0.2) is 48.5 Å². The number of aryl methyl sites for hydroxylation is 1. The summed E-state index contributed by atoms with van der Waals surface area (Å²) in [5, 5.41) is 1.46. The van der Waals surface area contributed by atoms with E-state index in [0.29, 0.717) is 35.2 Å². The highest BCUT2D eigenvalue weighted by molar-refractivity contribution is 6.31. The van der Waals surface area contributed by atoms with Crippen LogP contribution < -0.4 is 9.47 Å². The van der Waals surface area contributed by atoms with Crippen molar-refractivity contribution in [3.8, 4) is 11.5 Å². The number of pyridine rings is 1. The highest BCUT2D eigenvalue weighted by Gasteiger charge is 2.25. The van der Waals surface area contributed by atoms with Gasteiger partial charge in [-0.2, -0.15) is 0 Å². The van der Waals surface area contributed by atoms with Gasteiger partial charge in [-0.25, -0.2) is 0 Å². The first-order valence-electron chi connectivity index (χ1n) is 8.72. The van der Waals surface area contributed by atoms with Crippen LogP contribution in [0.3, 0.4) is 0 Å². The van der Waals surface area contributed by atoms with Gasteiger partial charge in [0.05, 0.1) is 23.3 Å². The minimum Gasteiger partial charge on any atom is -0.486 e. The summed E-state index contributed by atoms with van der Waals surface area (Å²) in [5.74, 6) is 1.33. The van der Waals surface area contributed by atoms with Crippen molar-refractivity contribution in [2.75, 3.05) is 20.2 Å². The molecule has 1 amide bonds. The van der Waals surface area contributed by atoms with Crippen molar-refractivity contribution in [3.63, 3.8) is 0 Å². The quantitative estimate of drug-likeness (QED) is 0.684. The van der Waals surface area contributed by atoms with Crippen LogP contribution in [0, 0.1) is 6.92 Å². The summed E-state index contributed by atoms with van der Waals surface area (Å²) in [6.45, 7) is 2.66. The molecule has 0 saturated heterocycles. The van der Waals surface area contributed by atoms with Crippen molar-refractivity contribution >= 4 is 28.4 Å². The Morgan fingerprint density at radius 2 is 2.00 bits per heavy atom. The van der Waals surface area contributed by atoms with Crippen LogP contribution in [0.5, 0.6) is 11.5 Å². The molecule has 0 unspecified atom stereocenters. The van der Waals surface area contributed by atoms with Crippen LogP contribution >= 0.6 is 11.6 Å². The lowest BCUT2D eigenvalue weighted by Crippen LogP contribution is -2.42. The Bertz CT molecular complexity index is 1020. The topological polar surface area (TPSA) is 51.7 Å². The molecule has 138 valence electrons. The molecule has 0 bridgehead atoms. The SMILES string of the molecule is Cc1nc2ccc(Cl)cc2cc1C(=O)N(C)C[C@H]1COc2ccccc2O1. The minimum atomic E-state index is -0.225. The second-order valence-electron chi connectivity index (χ2n) is 6.64. The van der Waals surface area contributed by atoms with E-state index < -0.39 is 0 Å². The number of ether oxygens (including phenoxy) is 2. The number of hydrogen-bond donors (Lipinski definition) is 0. The van der Waals surface area contributed by atoms with Crippen LogP contribution in [0.25, 0.3) is 10.9 Å². The number of fused-ring (bicyclic) bond motifs is 2. The lowest BCUT2D eigenvalue weighted by atomic mass is 10.1. The van der Waals surface area contributed by atoms with E-state index in [4.69, 9.17) is 21.1 Å². The van der Waals surface area contributed by atoms with E-state index in [0.717, 1.165) is 16.7 Å². The van der Waals surface area contributed by atoms with Gasteiger partial charge in [-0.05, 0) is 43.3 Å². The maximum Gasteiger partial charge on any atom is 0.255 e. The largest absolute Gasteiger partial charge is 0.486 e. The fourth-order valence-corrected chi connectivity index (χ4v) is 3.39. The molecule has 3 aromatic rings. The molecule has 5 nitrogen and oxygen atoms in total. The third-order valence-corrected chi connectivity index (χ3v) is 4.82. The van der Waals surface area contributed by atoms with Gasteiger partial charge in [0.15, 0.2) is 17.6 Å². The number of nitrogens with zero attached hydrogens (tertiary/aromatic N) is 2. The molecule has 0 fully saturated rings. The van der Waals surface area contributed by atoms with E-state index in [1.165, 1.54) is 0 Å². The molecule has 0 spiro atoms. The van der Waals surface area contributed by atoms with Crippen LogP contribution in [0.1, 0.15) is 16.1 Å². The fraction of sp³-hybridized carbons (Fsp3) is 0.238. The van der Waals surface area contributed by atoms with Crippen molar-refractivity contribution in [2.45, 2.75) is 13.0 Å². The normalized spacial score (nSPS) is 15.6. The van der Waals surface area contributed by atoms with E-state index in [1.54, 1.807) is 18.0 Å². The zero-order valence-corrected chi connectivity index (χ0v) is 15.9. The number of benzene rings is 2. The molecule has 6 heteroatoms. The van der Waals surface area contributed by atoms with Gasteiger partial charge in [-0.3, -0.25) is 9.78 Å².